The highest BCUT2D eigenvalue weighted by Gasteiger charge is 2.44. The molecule has 2 N–H and O–H groups in total. The maximum atomic E-state index is 13.3. The van der Waals surface area contributed by atoms with Gasteiger partial charge in [0.1, 0.15) is 16.2 Å². The smallest absolute Gasteiger partial charge is 0.262 e. The summed E-state index contributed by atoms with van der Waals surface area (Å²) in [5.41, 5.74) is 0.907. The molecule has 1 atom stereocenters. The summed E-state index contributed by atoms with van der Waals surface area (Å²) >= 11 is 8.98. The number of aliphatic hydroxyl groups is 1. The van der Waals surface area contributed by atoms with Gasteiger partial charge < -0.3 is 15.2 Å². The van der Waals surface area contributed by atoms with Crippen LogP contribution in [-0.2, 0) is 10.3 Å². The van der Waals surface area contributed by atoms with Gasteiger partial charge in [-0.05, 0) is 65.3 Å². The Balaban J connectivity index is 1.46. The molecule has 0 radical (unpaired) electrons. The SMILES string of the molecule is CC1(CCOc2cccc(C3(c4ccsc4)CC(O)=C(Sc4ccccc4Cl)C(=O)N3)n2)CC1. The molecule has 34 heavy (non-hydrogen) atoms. The number of pyridine rings is 1. The van der Waals surface area contributed by atoms with Crippen molar-refractivity contribution in [3.05, 3.63) is 86.2 Å². The normalized spacial score (nSPS) is 21.3. The summed E-state index contributed by atoms with van der Waals surface area (Å²) in [5.74, 6) is 0.162. The largest absolute Gasteiger partial charge is 0.511 e. The van der Waals surface area contributed by atoms with Gasteiger partial charge in [0, 0.05) is 17.4 Å². The summed E-state index contributed by atoms with van der Waals surface area (Å²) < 4.78 is 5.97. The van der Waals surface area contributed by atoms with E-state index in [1.807, 2.05) is 53.2 Å². The second kappa shape index (κ2) is 9.29. The van der Waals surface area contributed by atoms with Crippen molar-refractivity contribution in [3.63, 3.8) is 0 Å². The standard InChI is InChI=1S/C26H25ClN2O3S2/c1-25(10-11-25)12-13-32-22-8-4-7-21(28-22)26(17-9-14-33-16-17)15-19(30)23(24(31)29-26)34-20-6-3-2-5-18(20)27/h2-9,14,16,30H,10-13,15H2,1H3,(H,29,31). The van der Waals surface area contributed by atoms with Crippen LogP contribution in [0.5, 0.6) is 5.88 Å². The minimum absolute atomic E-state index is 0.00893. The average Bonchev–Trinajstić information content (AvgIpc) is 3.30. The highest BCUT2D eigenvalue weighted by atomic mass is 35.5. The van der Waals surface area contributed by atoms with Gasteiger partial charge in [-0.2, -0.15) is 11.3 Å². The maximum Gasteiger partial charge on any atom is 0.262 e. The van der Waals surface area contributed by atoms with Crippen LogP contribution in [0.2, 0.25) is 5.02 Å². The van der Waals surface area contributed by atoms with E-state index in [-0.39, 0.29) is 23.0 Å². The molecule has 1 unspecified atom stereocenters. The van der Waals surface area contributed by atoms with Gasteiger partial charge in [-0.1, -0.05) is 48.5 Å². The maximum absolute atomic E-state index is 13.3. The number of hydrogen-bond acceptors (Lipinski definition) is 6. The minimum atomic E-state index is -0.993. The van der Waals surface area contributed by atoms with Gasteiger partial charge in [0.05, 0.1) is 17.3 Å². The number of aromatic nitrogens is 1. The molecule has 176 valence electrons. The summed E-state index contributed by atoms with van der Waals surface area (Å²) in [6.45, 7) is 2.88. The molecule has 1 fully saturated rings. The molecule has 0 bridgehead atoms. The first-order valence-electron chi connectivity index (χ1n) is 11.2. The number of benzene rings is 1. The molecule has 3 aromatic rings. The van der Waals surface area contributed by atoms with Crippen molar-refractivity contribution in [1.82, 2.24) is 10.3 Å². The summed E-state index contributed by atoms with van der Waals surface area (Å²) in [6, 6.07) is 14.8. The van der Waals surface area contributed by atoms with E-state index >= 15 is 0 Å². The number of halogens is 1. The molecular weight excluding hydrogens is 488 g/mol. The highest BCUT2D eigenvalue weighted by molar-refractivity contribution is 8.04. The van der Waals surface area contributed by atoms with Crippen molar-refractivity contribution >= 4 is 40.6 Å². The highest BCUT2D eigenvalue weighted by Crippen LogP contribution is 2.48. The number of nitrogens with one attached hydrogen (secondary N) is 1. The second-order valence-electron chi connectivity index (χ2n) is 9.13. The summed E-state index contributed by atoms with van der Waals surface area (Å²) in [6.07, 6.45) is 3.67. The van der Waals surface area contributed by atoms with Gasteiger partial charge in [0.15, 0.2) is 0 Å². The van der Waals surface area contributed by atoms with E-state index in [1.165, 1.54) is 35.9 Å². The van der Waals surface area contributed by atoms with Crippen molar-refractivity contribution in [3.8, 4) is 5.88 Å². The molecule has 1 saturated carbocycles. The predicted octanol–water partition coefficient (Wildman–Crippen LogP) is 6.69. The molecule has 5 rings (SSSR count). The van der Waals surface area contributed by atoms with Crippen LogP contribution in [-0.4, -0.2) is 22.6 Å². The van der Waals surface area contributed by atoms with Crippen LogP contribution in [0.3, 0.4) is 0 Å². The van der Waals surface area contributed by atoms with E-state index < -0.39 is 5.54 Å². The molecule has 0 saturated heterocycles. The van der Waals surface area contributed by atoms with Crippen molar-refractivity contribution in [2.45, 2.75) is 43.0 Å². The first-order valence-corrected chi connectivity index (χ1v) is 13.3. The van der Waals surface area contributed by atoms with E-state index in [0.717, 1.165) is 12.0 Å². The molecule has 2 aromatic heterocycles. The molecule has 1 aromatic carbocycles. The van der Waals surface area contributed by atoms with E-state index in [2.05, 4.69) is 12.2 Å². The number of amides is 1. The van der Waals surface area contributed by atoms with Gasteiger partial charge in [0.2, 0.25) is 5.88 Å². The Morgan fingerprint density at radius 2 is 2.03 bits per heavy atom. The van der Waals surface area contributed by atoms with Gasteiger partial charge in [0.25, 0.3) is 5.91 Å². The van der Waals surface area contributed by atoms with Crippen LogP contribution >= 0.6 is 34.7 Å². The minimum Gasteiger partial charge on any atom is -0.511 e. The van der Waals surface area contributed by atoms with Crippen LogP contribution in [0, 0.1) is 5.41 Å². The third-order valence-corrected chi connectivity index (χ3v) is 8.84. The summed E-state index contributed by atoms with van der Waals surface area (Å²) in [4.78, 5) is 19.0. The zero-order valence-corrected chi connectivity index (χ0v) is 21.1. The first-order chi connectivity index (χ1) is 16.4. The first kappa shape index (κ1) is 23.3. The van der Waals surface area contributed by atoms with E-state index in [4.69, 9.17) is 21.3 Å². The number of thioether (sulfide) groups is 1. The molecule has 1 aliphatic carbocycles. The Hall–Kier alpha value is -2.48. The fourth-order valence-corrected chi connectivity index (χ4v) is 5.93. The molecule has 2 aliphatic rings. The lowest BCUT2D eigenvalue weighted by Crippen LogP contribution is -2.50. The second-order valence-corrected chi connectivity index (χ2v) is 11.4. The van der Waals surface area contributed by atoms with Crippen LogP contribution < -0.4 is 10.1 Å². The number of ether oxygens (including phenoxy) is 1. The number of carbonyl (C=O) groups excluding carboxylic acids is 1. The van der Waals surface area contributed by atoms with Gasteiger partial charge >= 0.3 is 0 Å². The number of rotatable bonds is 8. The van der Waals surface area contributed by atoms with Crippen molar-refractivity contribution < 1.29 is 14.6 Å². The van der Waals surface area contributed by atoms with Gasteiger partial charge in [-0.15, -0.1) is 0 Å². The number of aliphatic hydroxyl groups excluding tert-OH is 1. The Bertz CT molecular complexity index is 1240. The van der Waals surface area contributed by atoms with E-state index in [1.54, 1.807) is 6.07 Å². The molecule has 8 heteroatoms. The number of nitrogens with zero attached hydrogens (tertiary/aromatic N) is 1. The van der Waals surface area contributed by atoms with Crippen LogP contribution in [0.15, 0.2) is 74.9 Å². The van der Waals surface area contributed by atoms with E-state index in [0.29, 0.717) is 33.5 Å². The monoisotopic (exact) mass is 512 g/mol. The number of thiophene rings is 1. The van der Waals surface area contributed by atoms with Crippen LogP contribution in [0.25, 0.3) is 0 Å². The lowest BCUT2D eigenvalue weighted by Gasteiger charge is -2.37. The molecular formula is C26H25ClN2O3S2. The molecule has 0 spiro atoms. The van der Waals surface area contributed by atoms with Gasteiger partial charge in [-0.25, -0.2) is 4.98 Å². The van der Waals surface area contributed by atoms with Crippen LogP contribution in [0.1, 0.15) is 43.9 Å². The Morgan fingerprint density at radius 1 is 1.21 bits per heavy atom. The predicted molar refractivity (Wildman–Crippen MR) is 137 cm³/mol. The van der Waals surface area contributed by atoms with Crippen LogP contribution in [0.4, 0.5) is 0 Å². The third kappa shape index (κ3) is 4.69. The lowest BCUT2D eigenvalue weighted by molar-refractivity contribution is -0.119. The Kier molecular flexibility index (Phi) is 6.35. The Morgan fingerprint density at radius 3 is 2.74 bits per heavy atom. The van der Waals surface area contributed by atoms with Gasteiger partial charge in [-0.3, -0.25) is 4.79 Å². The van der Waals surface area contributed by atoms with Crippen molar-refractivity contribution in [2.75, 3.05) is 6.61 Å². The summed E-state index contributed by atoms with van der Waals surface area (Å²) in [7, 11) is 0. The third-order valence-electron chi connectivity index (χ3n) is 6.51. The van der Waals surface area contributed by atoms with E-state index in [9.17, 15) is 9.90 Å². The quantitative estimate of drug-likeness (QED) is 0.352. The number of hydrogen-bond donors (Lipinski definition) is 2. The average molecular weight is 513 g/mol. The zero-order valence-electron chi connectivity index (χ0n) is 18.7. The zero-order chi connectivity index (χ0) is 23.8. The molecule has 1 amide bonds. The van der Waals surface area contributed by atoms with Crippen molar-refractivity contribution in [2.24, 2.45) is 5.41 Å². The molecule has 1 aliphatic heterocycles. The molecule has 5 nitrogen and oxygen atoms in total. The number of carbonyl (C=O) groups is 1. The molecule has 3 heterocycles. The topological polar surface area (TPSA) is 71.5 Å². The Labute approximate surface area is 212 Å². The van der Waals surface area contributed by atoms with Crippen molar-refractivity contribution in [1.29, 1.82) is 0 Å². The summed E-state index contributed by atoms with van der Waals surface area (Å²) in [5, 5.41) is 18.7. The lowest BCUT2D eigenvalue weighted by atomic mass is 9.82. The fourth-order valence-electron chi connectivity index (χ4n) is 4.08. The fraction of sp³-hybridized carbons (Fsp3) is 0.308.